The zero-order valence-electron chi connectivity index (χ0n) is 18.4. The molecule has 3 aromatic carbocycles. The summed E-state index contributed by atoms with van der Waals surface area (Å²) in [5.74, 6) is -2.08. The first-order valence-electron chi connectivity index (χ1n) is 10.7. The van der Waals surface area contributed by atoms with Crippen LogP contribution < -0.4 is 15.5 Å². The first kappa shape index (κ1) is 22.2. The van der Waals surface area contributed by atoms with Crippen molar-refractivity contribution >= 4 is 34.8 Å². The number of carbonyl (C=O) groups is 3. The molecule has 1 atom stereocenters. The molecule has 0 bridgehead atoms. The summed E-state index contributed by atoms with van der Waals surface area (Å²) < 4.78 is 14.0. The lowest BCUT2D eigenvalue weighted by atomic mass is 10.1. The number of amides is 3. The number of nitrogens with one attached hydrogen (secondary N) is 2. The van der Waals surface area contributed by atoms with E-state index in [1.165, 1.54) is 11.0 Å². The zero-order chi connectivity index (χ0) is 23.5. The van der Waals surface area contributed by atoms with Crippen LogP contribution in [0.5, 0.6) is 0 Å². The van der Waals surface area contributed by atoms with Crippen LogP contribution in [0.3, 0.4) is 0 Å². The average Bonchev–Trinajstić information content (AvgIpc) is 3.19. The van der Waals surface area contributed by atoms with E-state index in [0.717, 1.165) is 11.1 Å². The Hall–Kier alpha value is -4.00. The van der Waals surface area contributed by atoms with Crippen molar-refractivity contribution in [1.82, 2.24) is 0 Å². The monoisotopic (exact) mass is 445 g/mol. The van der Waals surface area contributed by atoms with Gasteiger partial charge >= 0.3 is 0 Å². The summed E-state index contributed by atoms with van der Waals surface area (Å²) in [6, 6.07) is 18.6. The molecular weight excluding hydrogens is 421 g/mol. The van der Waals surface area contributed by atoms with Crippen molar-refractivity contribution in [1.29, 1.82) is 0 Å². The summed E-state index contributed by atoms with van der Waals surface area (Å²) in [5, 5.41) is 5.43. The molecule has 0 aromatic heterocycles. The topological polar surface area (TPSA) is 78.5 Å². The quantitative estimate of drug-likeness (QED) is 0.598. The standard InChI is InChI=1S/C26H24FN3O3/c1-16-6-9-20(10-7-16)28-25(32)18-4-3-5-21(13-18)30-15-19(14-24(30)31)26(33)29-23-12-17(2)8-11-22(23)27/h3-13,19H,14-15H2,1-2H3,(H,28,32)(H,29,33)/t19-/m0/s1. The van der Waals surface area contributed by atoms with Gasteiger partial charge in [0, 0.05) is 29.9 Å². The van der Waals surface area contributed by atoms with E-state index in [0.29, 0.717) is 16.9 Å². The molecule has 0 unspecified atom stereocenters. The summed E-state index contributed by atoms with van der Waals surface area (Å²) in [6.07, 6.45) is 0.0130. The number of anilines is 3. The summed E-state index contributed by atoms with van der Waals surface area (Å²) in [5.41, 5.74) is 3.61. The van der Waals surface area contributed by atoms with E-state index >= 15 is 0 Å². The Bertz CT molecular complexity index is 1220. The third kappa shape index (κ3) is 5.09. The largest absolute Gasteiger partial charge is 0.323 e. The number of halogens is 1. The minimum atomic E-state index is -0.623. The predicted octanol–water partition coefficient (Wildman–Crippen LogP) is 4.69. The summed E-state index contributed by atoms with van der Waals surface area (Å²) in [4.78, 5) is 39.5. The second-order valence-corrected chi connectivity index (χ2v) is 8.25. The second-order valence-electron chi connectivity index (χ2n) is 8.25. The van der Waals surface area contributed by atoms with E-state index in [4.69, 9.17) is 0 Å². The molecule has 4 rings (SSSR count). The van der Waals surface area contributed by atoms with E-state index in [-0.39, 0.29) is 30.5 Å². The van der Waals surface area contributed by atoms with Crippen molar-refractivity contribution in [2.45, 2.75) is 20.3 Å². The molecule has 1 aliphatic heterocycles. The smallest absolute Gasteiger partial charge is 0.255 e. The molecule has 1 saturated heterocycles. The van der Waals surface area contributed by atoms with Crippen molar-refractivity contribution in [3.05, 3.63) is 89.2 Å². The van der Waals surface area contributed by atoms with E-state index in [9.17, 15) is 18.8 Å². The normalized spacial score (nSPS) is 15.4. The van der Waals surface area contributed by atoms with Gasteiger partial charge in [-0.3, -0.25) is 14.4 Å². The van der Waals surface area contributed by atoms with Gasteiger partial charge < -0.3 is 15.5 Å². The van der Waals surface area contributed by atoms with Crippen LogP contribution in [-0.4, -0.2) is 24.3 Å². The number of benzene rings is 3. The average molecular weight is 445 g/mol. The fourth-order valence-corrected chi connectivity index (χ4v) is 3.76. The van der Waals surface area contributed by atoms with E-state index in [1.54, 1.807) is 43.3 Å². The van der Waals surface area contributed by atoms with Crippen LogP contribution in [0.4, 0.5) is 21.5 Å². The van der Waals surface area contributed by atoms with Crippen molar-refractivity contribution < 1.29 is 18.8 Å². The molecule has 2 N–H and O–H groups in total. The molecule has 7 heteroatoms. The van der Waals surface area contributed by atoms with Gasteiger partial charge in [-0.25, -0.2) is 4.39 Å². The van der Waals surface area contributed by atoms with Gasteiger partial charge in [-0.05, 0) is 61.9 Å². The Balaban J connectivity index is 1.45. The summed E-state index contributed by atoms with van der Waals surface area (Å²) in [7, 11) is 0. The Morgan fingerprint density at radius 3 is 2.42 bits per heavy atom. The molecular formula is C26H24FN3O3. The van der Waals surface area contributed by atoms with Gasteiger partial charge in [0.25, 0.3) is 5.91 Å². The third-order valence-electron chi connectivity index (χ3n) is 5.61. The second kappa shape index (κ2) is 9.24. The van der Waals surface area contributed by atoms with E-state index < -0.39 is 17.6 Å². The number of rotatable bonds is 5. The first-order valence-corrected chi connectivity index (χ1v) is 10.7. The van der Waals surface area contributed by atoms with Gasteiger partial charge in [0.2, 0.25) is 11.8 Å². The van der Waals surface area contributed by atoms with Gasteiger partial charge in [-0.15, -0.1) is 0 Å². The minimum Gasteiger partial charge on any atom is -0.323 e. The van der Waals surface area contributed by atoms with E-state index in [1.807, 2.05) is 31.2 Å². The lowest BCUT2D eigenvalue weighted by Crippen LogP contribution is -2.28. The lowest BCUT2D eigenvalue weighted by Gasteiger charge is -2.18. The molecule has 33 heavy (non-hydrogen) atoms. The fourth-order valence-electron chi connectivity index (χ4n) is 3.76. The Labute approximate surface area is 191 Å². The van der Waals surface area contributed by atoms with Gasteiger partial charge in [-0.1, -0.05) is 29.8 Å². The Kier molecular flexibility index (Phi) is 6.22. The van der Waals surface area contributed by atoms with Crippen LogP contribution in [0.15, 0.2) is 66.7 Å². The number of aryl methyl sites for hydroxylation is 2. The molecule has 6 nitrogen and oxygen atoms in total. The molecule has 168 valence electrons. The Morgan fingerprint density at radius 2 is 1.67 bits per heavy atom. The first-order chi connectivity index (χ1) is 15.8. The fraction of sp³-hybridized carbons (Fsp3) is 0.192. The minimum absolute atomic E-state index is 0.0130. The maximum atomic E-state index is 14.0. The zero-order valence-corrected chi connectivity index (χ0v) is 18.4. The number of hydrogen-bond acceptors (Lipinski definition) is 3. The van der Waals surface area contributed by atoms with Crippen LogP contribution in [0.2, 0.25) is 0 Å². The van der Waals surface area contributed by atoms with Gasteiger partial charge in [-0.2, -0.15) is 0 Å². The molecule has 0 aliphatic carbocycles. The Morgan fingerprint density at radius 1 is 0.939 bits per heavy atom. The van der Waals surface area contributed by atoms with Crippen LogP contribution in [0, 0.1) is 25.6 Å². The number of nitrogens with zero attached hydrogens (tertiary/aromatic N) is 1. The van der Waals surface area contributed by atoms with Gasteiger partial charge in [0.1, 0.15) is 5.82 Å². The van der Waals surface area contributed by atoms with Crippen LogP contribution in [0.1, 0.15) is 27.9 Å². The molecule has 1 fully saturated rings. The van der Waals surface area contributed by atoms with Crippen LogP contribution >= 0.6 is 0 Å². The molecule has 0 spiro atoms. The number of carbonyl (C=O) groups excluding carboxylic acids is 3. The van der Waals surface area contributed by atoms with Gasteiger partial charge in [0.05, 0.1) is 11.6 Å². The summed E-state index contributed by atoms with van der Waals surface area (Å²) in [6.45, 7) is 3.92. The molecule has 0 radical (unpaired) electrons. The maximum Gasteiger partial charge on any atom is 0.255 e. The van der Waals surface area contributed by atoms with Crippen molar-refractivity contribution in [2.75, 3.05) is 22.1 Å². The van der Waals surface area contributed by atoms with Crippen LogP contribution in [-0.2, 0) is 9.59 Å². The van der Waals surface area contributed by atoms with Crippen molar-refractivity contribution in [3.8, 4) is 0 Å². The molecule has 0 saturated carbocycles. The highest BCUT2D eigenvalue weighted by atomic mass is 19.1. The van der Waals surface area contributed by atoms with Crippen molar-refractivity contribution in [2.24, 2.45) is 5.92 Å². The van der Waals surface area contributed by atoms with E-state index in [2.05, 4.69) is 10.6 Å². The third-order valence-corrected chi connectivity index (χ3v) is 5.61. The molecule has 3 amide bonds. The SMILES string of the molecule is Cc1ccc(NC(=O)c2cccc(N3C[C@@H](C(=O)Nc4cc(C)ccc4F)CC3=O)c2)cc1. The lowest BCUT2D eigenvalue weighted by molar-refractivity contribution is -0.122. The van der Waals surface area contributed by atoms with Crippen LogP contribution in [0.25, 0.3) is 0 Å². The highest BCUT2D eigenvalue weighted by molar-refractivity contribution is 6.07. The number of hydrogen-bond donors (Lipinski definition) is 2. The van der Waals surface area contributed by atoms with Gasteiger partial charge in [0.15, 0.2) is 0 Å². The predicted molar refractivity (Wildman–Crippen MR) is 126 cm³/mol. The highest BCUT2D eigenvalue weighted by Gasteiger charge is 2.35. The highest BCUT2D eigenvalue weighted by Crippen LogP contribution is 2.27. The summed E-state index contributed by atoms with van der Waals surface area (Å²) >= 11 is 0. The molecule has 3 aromatic rings. The molecule has 1 heterocycles. The maximum absolute atomic E-state index is 14.0. The molecule has 1 aliphatic rings. The van der Waals surface area contributed by atoms with Crippen molar-refractivity contribution in [3.63, 3.8) is 0 Å².